The molecule has 0 atom stereocenters. The average molecular weight is 256 g/mol. The van der Waals surface area contributed by atoms with Crippen LogP contribution in [0.1, 0.15) is 5.56 Å². The molecule has 0 amide bonds. The first-order valence-electron chi connectivity index (χ1n) is 3.07. The van der Waals surface area contributed by atoms with Crippen molar-refractivity contribution in [2.24, 2.45) is 0 Å². The molecule has 0 N–H and O–H groups in total. The molecule has 1 rings (SSSR count). The molecule has 0 nitrogen and oxygen atoms in total. The van der Waals surface area contributed by atoms with Crippen molar-refractivity contribution in [2.45, 2.75) is 5.33 Å². The Kier molecular flexibility index (Phi) is 8.59. The van der Waals surface area contributed by atoms with E-state index in [2.05, 4.69) is 28.1 Å². The van der Waals surface area contributed by atoms with Crippen LogP contribution in [0.3, 0.4) is 0 Å². The van der Waals surface area contributed by atoms with Crippen molar-refractivity contribution < 1.29 is 0 Å². The second-order valence-corrected chi connectivity index (χ2v) is 3.09. The first-order valence-corrected chi connectivity index (χ1v) is 5.26. The Balaban J connectivity index is 0.000000292. The third-order valence-electron chi connectivity index (χ3n) is 0.997. The molecule has 0 aliphatic heterocycles. The highest BCUT2D eigenvalue weighted by Crippen LogP contribution is 2.02. The predicted octanol–water partition coefficient (Wildman–Crippen LogP) is 4.00. The maximum absolute atomic E-state index is 4.76. The molecule has 0 spiro atoms. The predicted molar refractivity (Wildman–Crippen MR) is 55.6 cm³/mol. The maximum atomic E-state index is 4.76. The van der Waals surface area contributed by atoms with Gasteiger partial charge in [-0.05, 0) is 5.56 Å². The van der Waals surface area contributed by atoms with E-state index in [1.165, 1.54) is 5.56 Å². The van der Waals surface area contributed by atoms with Crippen LogP contribution in [0.5, 0.6) is 0 Å². The van der Waals surface area contributed by atoms with Crippen LogP contribution in [0.25, 0.3) is 0 Å². The largest absolute Gasteiger partial charge is 0.109 e. The molecule has 0 aliphatic carbocycles. The number of alkyl halides is 3. The lowest BCUT2D eigenvalue weighted by Crippen LogP contribution is -1.70. The highest BCUT2D eigenvalue weighted by atomic mass is 79.9. The van der Waals surface area contributed by atoms with Gasteiger partial charge >= 0.3 is 0 Å². The van der Waals surface area contributed by atoms with Gasteiger partial charge in [-0.3, -0.25) is 0 Å². The molecule has 0 aliphatic rings. The summed E-state index contributed by atoms with van der Waals surface area (Å²) in [6.07, 6.45) is 0. The lowest BCUT2D eigenvalue weighted by molar-refractivity contribution is 1.44. The molecule has 0 radical (unpaired) electrons. The van der Waals surface area contributed by atoms with Crippen molar-refractivity contribution in [2.75, 3.05) is 5.34 Å². The van der Waals surface area contributed by atoms with Gasteiger partial charge in [-0.15, -0.1) is 23.2 Å². The van der Waals surface area contributed by atoms with Crippen LogP contribution in [-0.2, 0) is 5.33 Å². The van der Waals surface area contributed by atoms with E-state index in [9.17, 15) is 0 Å². The molecular weight excluding hydrogens is 247 g/mol. The third-order valence-corrected chi connectivity index (χ3v) is 1.64. The number of rotatable bonds is 1. The van der Waals surface area contributed by atoms with Crippen LogP contribution in [0, 0.1) is 0 Å². The average Bonchev–Trinajstić information content (AvgIpc) is 2.08. The molecule has 0 saturated heterocycles. The van der Waals surface area contributed by atoms with Crippen LogP contribution >= 0.6 is 39.1 Å². The minimum atomic E-state index is 0.194. The van der Waals surface area contributed by atoms with Crippen LogP contribution in [0.15, 0.2) is 30.3 Å². The third kappa shape index (κ3) is 6.67. The van der Waals surface area contributed by atoms with E-state index >= 15 is 0 Å². The molecule has 0 aromatic heterocycles. The van der Waals surface area contributed by atoms with E-state index < -0.39 is 0 Å². The minimum absolute atomic E-state index is 0.194. The first-order chi connectivity index (χ1) is 5.35. The van der Waals surface area contributed by atoms with E-state index in [1.807, 2.05) is 18.2 Å². The van der Waals surface area contributed by atoms with Crippen molar-refractivity contribution in [1.29, 1.82) is 0 Å². The summed E-state index contributed by atoms with van der Waals surface area (Å²) in [6, 6.07) is 10.3. The molecule has 1 aromatic carbocycles. The standard InChI is InChI=1S/C7H7Br.CH2Cl2/c8-6-7-4-2-1-3-5-7;2-1-3/h1-5H,6H2;1H2. The van der Waals surface area contributed by atoms with E-state index in [0.717, 1.165) is 5.33 Å². The molecule has 0 saturated carbocycles. The van der Waals surface area contributed by atoms with Gasteiger partial charge in [0.2, 0.25) is 0 Å². The van der Waals surface area contributed by atoms with Crippen LogP contribution in [0.2, 0.25) is 0 Å². The number of halogens is 3. The molecule has 3 heteroatoms. The molecule has 0 bridgehead atoms. The molecule has 1 aromatic rings. The highest BCUT2D eigenvalue weighted by molar-refractivity contribution is 9.08. The summed E-state index contributed by atoms with van der Waals surface area (Å²) in [5.74, 6) is 0. The number of hydrogen-bond donors (Lipinski definition) is 0. The zero-order valence-electron chi connectivity index (χ0n) is 5.93. The Morgan fingerprint density at radius 3 is 1.82 bits per heavy atom. The molecule has 0 unspecified atom stereocenters. The lowest BCUT2D eigenvalue weighted by atomic mass is 10.2. The van der Waals surface area contributed by atoms with E-state index in [0.29, 0.717) is 0 Å². The monoisotopic (exact) mass is 254 g/mol. The van der Waals surface area contributed by atoms with Gasteiger partial charge in [0, 0.05) is 5.33 Å². The second-order valence-electron chi connectivity index (χ2n) is 1.72. The van der Waals surface area contributed by atoms with Crippen LogP contribution < -0.4 is 0 Å². The van der Waals surface area contributed by atoms with Gasteiger partial charge in [-0.25, -0.2) is 0 Å². The smallest absolute Gasteiger partial charge is 0.0967 e. The molecule has 0 fully saturated rings. The number of hydrogen-bond acceptors (Lipinski definition) is 0. The second kappa shape index (κ2) is 8.38. The van der Waals surface area contributed by atoms with Gasteiger partial charge < -0.3 is 0 Å². The van der Waals surface area contributed by atoms with E-state index in [1.54, 1.807) is 0 Å². The molecule has 62 valence electrons. The summed E-state index contributed by atoms with van der Waals surface area (Å²) in [6.45, 7) is 0. The Bertz CT molecular complexity index is 165. The highest BCUT2D eigenvalue weighted by Gasteiger charge is 1.81. The summed E-state index contributed by atoms with van der Waals surface area (Å²) in [5, 5.41) is 1.15. The Morgan fingerprint density at radius 2 is 1.55 bits per heavy atom. The van der Waals surface area contributed by atoms with Crippen molar-refractivity contribution in [3.05, 3.63) is 35.9 Å². The minimum Gasteiger partial charge on any atom is -0.109 e. The van der Waals surface area contributed by atoms with Crippen molar-refractivity contribution in [3.8, 4) is 0 Å². The normalized spacial score (nSPS) is 8.27. The SMILES string of the molecule is BrCc1ccccc1.ClCCl. The van der Waals surface area contributed by atoms with Gasteiger partial charge in [0.05, 0.1) is 5.34 Å². The van der Waals surface area contributed by atoms with Crippen molar-refractivity contribution in [1.82, 2.24) is 0 Å². The summed E-state index contributed by atoms with van der Waals surface area (Å²) in [7, 11) is 0. The van der Waals surface area contributed by atoms with E-state index in [-0.39, 0.29) is 5.34 Å². The topological polar surface area (TPSA) is 0 Å². The zero-order chi connectivity index (χ0) is 8.53. The Morgan fingerprint density at radius 1 is 1.09 bits per heavy atom. The van der Waals surface area contributed by atoms with Gasteiger partial charge in [-0.2, -0.15) is 0 Å². The fourth-order valence-electron chi connectivity index (χ4n) is 0.567. The Labute approximate surface area is 85.6 Å². The first kappa shape index (κ1) is 11.3. The fraction of sp³-hybridized carbons (Fsp3) is 0.250. The Hall–Kier alpha value is 0.280. The fourth-order valence-corrected chi connectivity index (χ4v) is 0.941. The van der Waals surface area contributed by atoms with Gasteiger partial charge in [0.15, 0.2) is 0 Å². The maximum Gasteiger partial charge on any atom is 0.0967 e. The van der Waals surface area contributed by atoms with E-state index in [4.69, 9.17) is 23.2 Å². The van der Waals surface area contributed by atoms with Crippen LogP contribution in [0.4, 0.5) is 0 Å². The summed E-state index contributed by atoms with van der Waals surface area (Å²) < 4.78 is 0. The van der Waals surface area contributed by atoms with Gasteiger partial charge in [0.1, 0.15) is 0 Å². The van der Waals surface area contributed by atoms with Crippen molar-refractivity contribution in [3.63, 3.8) is 0 Å². The quantitative estimate of drug-likeness (QED) is 0.666. The van der Waals surface area contributed by atoms with Gasteiger partial charge in [-0.1, -0.05) is 46.3 Å². The van der Waals surface area contributed by atoms with Crippen molar-refractivity contribution >= 4 is 39.1 Å². The van der Waals surface area contributed by atoms with Gasteiger partial charge in [0.25, 0.3) is 0 Å². The summed E-state index contributed by atoms with van der Waals surface area (Å²) >= 11 is 12.9. The number of benzene rings is 1. The van der Waals surface area contributed by atoms with Crippen LogP contribution in [-0.4, -0.2) is 5.34 Å². The summed E-state index contributed by atoms with van der Waals surface area (Å²) in [4.78, 5) is 0. The molecule has 11 heavy (non-hydrogen) atoms. The lowest BCUT2D eigenvalue weighted by Gasteiger charge is -1.88. The molecule has 0 heterocycles. The zero-order valence-corrected chi connectivity index (χ0v) is 9.03. The summed E-state index contributed by atoms with van der Waals surface area (Å²) in [5.41, 5.74) is 1.33. The molecular formula is C8H9BrCl2.